The number of amides is 1. The van der Waals surface area contributed by atoms with Gasteiger partial charge in [-0.25, -0.2) is 0 Å². The van der Waals surface area contributed by atoms with Crippen molar-refractivity contribution < 1.29 is 4.79 Å². The van der Waals surface area contributed by atoms with Crippen LogP contribution in [0.15, 0.2) is 0 Å². The quantitative estimate of drug-likeness (QED) is 0.855. The molecular weight excluding hydrogens is 250 g/mol. The molecule has 0 radical (unpaired) electrons. The summed E-state index contributed by atoms with van der Waals surface area (Å²) in [6.07, 6.45) is 5.28. The largest absolute Gasteiger partial charge is 0.342 e. The lowest BCUT2D eigenvalue weighted by Gasteiger charge is -2.41. The number of likely N-dealkylation sites (tertiary alicyclic amines) is 1. The second-order valence-corrected chi connectivity index (χ2v) is 6.66. The molecule has 0 aromatic carbocycles. The summed E-state index contributed by atoms with van der Waals surface area (Å²) in [5, 5.41) is 0. The second kappa shape index (κ2) is 6.44. The van der Waals surface area contributed by atoms with Crippen molar-refractivity contribution in [3.05, 3.63) is 0 Å². The third-order valence-electron chi connectivity index (χ3n) is 5.60. The number of piperidine rings is 1. The maximum atomic E-state index is 12.8. The van der Waals surface area contributed by atoms with Crippen molar-refractivity contribution >= 4 is 5.91 Å². The minimum absolute atomic E-state index is 0.0514. The fourth-order valence-electron chi connectivity index (χ4n) is 3.99. The van der Waals surface area contributed by atoms with E-state index in [1.54, 1.807) is 0 Å². The topological polar surface area (TPSA) is 49.6 Å². The molecule has 1 aliphatic heterocycles. The first-order chi connectivity index (χ1) is 9.52. The number of carbonyl (C=O) groups is 1. The number of nitrogens with two attached hydrogens (primary N) is 1. The van der Waals surface area contributed by atoms with E-state index in [2.05, 4.69) is 30.6 Å². The molecule has 20 heavy (non-hydrogen) atoms. The minimum Gasteiger partial charge on any atom is -0.342 e. The van der Waals surface area contributed by atoms with Crippen LogP contribution in [0.5, 0.6) is 0 Å². The van der Waals surface area contributed by atoms with E-state index in [0.29, 0.717) is 11.9 Å². The molecule has 4 nitrogen and oxygen atoms in total. The van der Waals surface area contributed by atoms with Gasteiger partial charge in [0.25, 0.3) is 0 Å². The van der Waals surface area contributed by atoms with E-state index in [9.17, 15) is 4.79 Å². The summed E-state index contributed by atoms with van der Waals surface area (Å²) in [6, 6.07) is 0.703. The third kappa shape index (κ3) is 2.86. The molecule has 2 aliphatic rings. The van der Waals surface area contributed by atoms with Crippen molar-refractivity contribution in [1.82, 2.24) is 9.80 Å². The molecule has 0 aromatic rings. The molecule has 4 heteroatoms. The molecule has 1 aliphatic carbocycles. The van der Waals surface area contributed by atoms with Gasteiger partial charge in [-0.05, 0) is 45.7 Å². The van der Waals surface area contributed by atoms with Gasteiger partial charge in [0.15, 0.2) is 0 Å². The van der Waals surface area contributed by atoms with Crippen LogP contribution in [0, 0.1) is 5.41 Å². The predicted molar refractivity (Wildman–Crippen MR) is 82.5 cm³/mol. The summed E-state index contributed by atoms with van der Waals surface area (Å²) in [4.78, 5) is 17.4. The minimum atomic E-state index is -0.304. The smallest absolute Gasteiger partial charge is 0.230 e. The molecule has 0 bridgehead atoms. The van der Waals surface area contributed by atoms with Crippen molar-refractivity contribution in [3.63, 3.8) is 0 Å². The second-order valence-electron chi connectivity index (χ2n) is 6.66. The first kappa shape index (κ1) is 15.8. The summed E-state index contributed by atoms with van der Waals surface area (Å²) in [5.41, 5.74) is 5.88. The Bertz CT molecular complexity index is 335. The molecule has 1 amide bonds. The van der Waals surface area contributed by atoms with E-state index in [1.165, 1.54) is 0 Å². The molecule has 0 spiro atoms. The van der Waals surface area contributed by atoms with Gasteiger partial charge in [-0.3, -0.25) is 4.79 Å². The van der Waals surface area contributed by atoms with Crippen LogP contribution < -0.4 is 5.73 Å². The maximum Gasteiger partial charge on any atom is 0.230 e. The van der Waals surface area contributed by atoms with Crippen molar-refractivity contribution in [1.29, 1.82) is 0 Å². The average molecular weight is 281 g/mol. The Morgan fingerprint density at radius 3 is 2.30 bits per heavy atom. The van der Waals surface area contributed by atoms with E-state index < -0.39 is 0 Å². The lowest BCUT2D eigenvalue weighted by Crippen LogP contribution is -2.53. The van der Waals surface area contributed by atoms with Crippen LogP contribution in [-0.2, 0) is 4.79 Å². The van der Waals surface area contributed by atoms with Gasteiger partial charge in [-0.15, -0.1) is 0 Å². The molecular formula is C16H31N3O. The third-order valence-corrected chi connectivity index (χ3v) is 5.60. The highest BCUT2D eigenvalue weighted by atomic mass is 16.2. The number of nitrogens with zero attached hydrogens (tertiary/aromatic N) is 2. The lowest BCUT2D eigenvalue weighted by molar-refractivity contribution is -0.143. The molecule has 0 aromatic heterocycles. The van der Waals surface area contributed by atoms with E-state index in [1.807, 2.05) is 0 Å². The van der Waals surface area contributed by atoms with Crippen molar-refractivity contribution in [2.24, 2.45) is 11.1 Å². The van der Waals surface area contributed by atoms with Crippen LogP contribution in [0.25, 0.3) is 0 Å². The maximum absolute atomic E-state index is 12.8. The first-order valence-corrected chi connectivity index (χ1v) is 8.32. The van der Waals surface area contributed by atoms with Crippen LogP contribution in [0.2, 0.25) is 0 Å². The van der Waals surface area contributed by atoms with Gasteiger partial charge < -0.3 is 15.5 Å². The van der Waals surface area contributed by atoms with Crippen molar-refractivity contribution in [3.8, 4) is 0 Å². The number of carbonyl (C=O) groups excluding carboxylic acids is 1. The standard InChI is InChI=1S/C16H31N3O/c1-4-18(5-2)13-8-11-19(12-9-13)15(20)16(3)10-6-7-14(16)17/h13-14H,4-12,17H2,1-3H3. The van der Waals surface area contributed by atoms with Gasteiger partial charge in [0, 0.05) is 25.2 Å². The first-order valence-electron chi connectivity index (χ1n) is 8.32. The summed E-state index contributed by atoms with van der Waals surface area (Å²) >= 11 is 0. The van der Waals surface area contributed by atoms with Gasteiger partial charge in [-0.2, -0.15) is 0 Å². The lowest BCUT2D eigenvalue weighted by atomic mass is 9.83. The average Bonchev–Trinajstić information content (AvgIpc) is 2.81. The Hall–Kier alpha value is -0.610. The highest BCUT2D eigenvalue weighted by Crippen LogP contribution is 2.39. The van der Waals surface area contributed by atoms with Crippen molar-refractivity contribution in [2.45, 2.75) is 65.0 Å². The molecule has 2 atom stereocenters. The summed E-state index contributed by atoms with van der Waals surface area (Å²) < 4.78 is 0. The van der Waals surface area contributed by atoms with E-state index in [0.717, 1.165) is 58.3 Å². The number of rotatable bonds is 4. The van der Waals surface area contributed by atoms with Crippen LogP contribution in [0.3, 0.4) is 0 Å². The molecule has 116 valence electrons. The van der Waals surface area contributed by atoms with E-state index >= 15 is 0 Å². The summed E-state index contributed by atoms with van der Waals surface area (Å²) in [7, 11) is 0. The molecule has 1 saturated carbocycles. The van der Waals surface area contributed by atoms with E-state index in [-0.39, 0.29) is 11.5 Å². The van der Waals surface area contributed by atoms with Gasteiger partial charge in [-0.1, -0.05) is 20.3 Å². The predicted octanol–water partition coefficient (Wildman–Crippen LogP) is 1.84. The van der Waals surface area contributed by atoms with Crippen molar-refractivity contribution in [2.75, 3.05) is 26.2 Å². The summed E-state index contributed by atoms with van der Waals surface area (Å²) in [5.74, 6) is 0.306. The van der Waals surface area contributed by atoms with Gasteiger partial charge in [0.1, 0.15) is 0 Å². The Kier molecular flexibility index (Phi) is 5.08. The molecule has 2 fully saturated rings. The SMILES string of the molecule is CCN(CC)C1CCN(C(=O)C2(C)CCCC2N)CC1. The zero-order valence-electron chi connectivity index (χ0n) is 13.4. The Morgan fingerprint density at radius 2 is 1.85 bits per heavy atom. The number of hydrogen-bond donors (Lipinski definition) is 1. The molecule has 2 unspecified atom stereocenters. The Morgan fingerprint density at radius 1 is 1.25 bits per heavy atom. The zero-order valence-corrected chi connectivity index (χ0v) is 13.4. The van der Waals surface area contributed by atoms with Gasteiger partial charge >= 0.3 is 0 Å². The normalized spacial score (nSPS) is 32.0. The fraction of sp³-hybridized carbons (Fsp3) is 0.938. The number of hydrogen-bond acceptors (Lipinski definition) is 3. The van der Waals surface area contributed by atoms with Gasteiger partial charge in [0.2, 0.25) is 5.91 Å². The zero-order chi connectivity index (χ0) is 14.8. The van der Waals surface area contributed by atoms with Gasteiger partial charge in [0.05, 0.1) is 5.41 Å². The Labute approximate surface area is 123 Å². The monoisotopic (exact) mass is 281 g/mol. The van der Waals surface area contributed by atoms with Crippen LogP contribution in [0.4, 0.5) is 0 Å². The van der Waals surface area contributed by atoms with Crippen LogP contribution in [0.1, 0.15) is 52.9 Å². The highest BCUT2D eigenvalue weighted by molar-refractivity contribution is 5.83. The molecule has 1 heterocycles. The molecule has 2 N–H and O–H groups in total. The van der Waals surface area contributed by atoms with E-state index in [4.69, 9.17) is 5.73 Å². The molecule has 1 saturated heterocycles. The Balaban J connectivity index is 1.92. The highest BCUT2D eigenvalue weighted by Gasteiger charge is 2.45. The molecule has 2 rings (SSSR count). The van der Waals surface area contributed by atoms with Crippen LogP contribution in [-0.4, -0.2) is 54.0 Å². The summed E-state index contributed by atoms with van der Waals surface area (Å²) in [6.45, 7) is 10.5. The van der Waals surface area contributed by atoms with Crippen LogP contribution >= 0.6 is 0 Å². The fourth-order valence-corrected chi connectivity index (χ4v) is 3.99.